The number of nitrogens with zero attached hydrogens (tertiary/aromatic N) is 1. The van der Waals surface area contributed by atoms with Gasteiger partial charge in [-0.2, -0.15) is 0 Å². The monoisotopic (exact) mass is 281 g/mol. The summed E-state index contributed by atoms with van der Waals surface area (Å²) in [5, 5.41) is 0. The Balaban J connectivity index is 2.64. The maximum Gasteiger partial charge on any atom is 0.333 e. The summed E-state index contributed by atoms with van der Waals surface area (Å²) in [6, 6.07) is 0. The topological polar surface area (TPSA) is 46.6 Å². The minimum Gasteiger partial charge on any atom is -0.466 e. The van der Waals surface area contributed by atoms with Gasteiger partial charge in [-0.15, -0.1) is 0 Å². The Morgan fingerprint density at radius 3 is 2.70 bits per heavy atom. The third-order valence-electron chi connectivity index (χ3n) is 4.18. The van der Waals surface area contributed by atoms with Crippen LogP contribution in [0, 0.1) is 11.8 Å². The maximum absolute atomic E-state index is 12.1. The van der Waals surface area contributed by atoms with Gasteiger partial charge in [0.2, 0.25) is 5.91 Å². The molecule has 0 radical (unpaired) electrons. The Morgan fingerprint density at radius 2 is 2.15 bits per heavy atom. The fourth-order valence-corrected chi connectivity index (χ4v) is 2.64. The molecule has 0 aromatic rings. The predicted octanol–water partition coefficient (Wildman–Crippen LogP) is 2.78. The Hall–Kier alpha value is -1.32. The number of hydrogen-bond donors (Lipinski definition) is 0. The smallest absolute Gasteiger partial charge is 0.333 e. The van der Waals surface area contributed by atoms with Gasteiger partial charge in [0.1, 0.15) is 0 Å². The number of esters is 1. The van der Waals surface area contributed by atoms with E-state index >= 15 is 0 Å². The van der Waals surface area contributed by atoms with Crippen molar-refractivity contribution < 1.29 is 14.3 Å². The molecule has 1 unspecified atom stereocenters. The summed E-state index contributed by atoms with van der Waals surface area (Å²) in [6.07, 6.45) is 5.12. The van der Waals surface area contributed by atoms with Crippen LogP contribution in [0.4, 0.5) is 0 Å². The molecule has 20 heavy (non-hydrogen) atoms. The second-order valence-electron chi connectivity index (χ2n) is 5.75. The lowest BCUT2D eigenvalue weighted by atomic mass is 9.89. The fourth-order valence-electron chi connectivity index (χ4n) is 2.64. The summed E-state index contributed by atoms with van der Waals surface area (Å²) in [6.45, 7) is 7.66. The highest BCUT2D eigenvalue weighted by molar-refractivity contribution is 5.88. The molecule has 4 heteroatoms. The molecule has 0 aliphatic carbocycles. The minimum absolute atomic E-state index is 0.199. The van der Waals surface area contributed by atoms with Gasteiger partial charge in [-0.3, -0.25) is 4.79 Å². The van der Waals surface area contributed by atoms with Crippen LogP contribution in [0.1, 0.15) is 46.5 Å². The quantitative estimate of drug-likeness (QED) is 0.575. The van der Waals surface area contributed by atoms with Crippen LogP contribution in [0.2, 0.25) is 0 Å². The third kappa shape index (κ3) is 4.66. The van der Waals surface area contributed by atoms with E-state index in [0.29, 0.717) is 36.8 Å². The van der Waals surface area contributed by atoms with Crippen LogP contribution in [0.15, 0.2) is 11.6 Å². The number of carbonyl (C=O) groups excluding carboxylic acids is 2. The van der Waals surface area contributed by atoms with Crippen LogP contribution >= 0.6 is 0 Å². The van der Waals surface area contributed by atoms with E-state index in [1.165, 1.54) is 7.11 Å². The van der Waals surface area contributed by atoms with E-state index in [1.807, 2.05) is 17.9 Å². The van der Waals surface area contributed by atoms with Crippen molar-refractivity contribution in [3.05, 3.63) is 11.6 Å². The van der Waals surface area contributed by atoms with Gasteiger partial charge >= 0.3 is 5.97 Å². The highest BCUT2D eigenvalue weighted by atomic mass is 16.5. The number of ether oxygens (including phenoxy) is 1. The molecule has 1 amide bonds. The molecule has 0 saturated carbocycles. The molecule has 0 aromatic heterocycles. The molecule has 1 aliphatic rings. The molecular formula is C16H27NO3. The Morgan fingerprint density at radius 1 is 1.45 bits per heavy atom. The molecule has 1 atom stereocenters. The third-order valence-corrected chi connectivity index (χ3v) is 4.18. The molecule has 0 N–H and O–H groups in total. The van der Waals surface area contributed by atoms with Gasteiger partial charge in [0.05, 0.1) is 7.11 Å². The lowest BCUT2D eigenvalue weighted by Gasteiger charge is -2.20. The van der Waals surface area contributed by atoms with Crippen LogP contribution in [0.25, 0.3) is 0 Å². The van der Waals surface area contributed by atoms with E-state index < -0.39 is 0 Å². The Labute approximate surface area is 122 Å². The molecule has 1 rings (SSSR count). The molecule has 0 spiro atoms. The first-order valence-corrected chi connectivity index (χ1v) is 7.54. The van der Waals surface area contributed by atoms with Crippen molar-refractivity contribution in [2.45, 2.75) is 46.5 Å². The van der Waals surface area contributed by atoms with E-state index in [1.54, 1.807) is 0 Å². The molecule has 0 aromatic carbocycles. The molecule has 1 fully saturated rings. The standard InChI is InChI=1S/C16H27NO3/c1-5-13(16(19)20-4)8-10-17-11-9-14(12(2)3)6-7-15(17)18/h8,12,14H,5-7,9-11H2,1-4H3. The van der Waals surface area contributed by atoms with Crippen molar-refractivity contribution in [3.8, 4) is 0 Å². The normalized spacial score (nSPS) is 21.1. The van der Waals surface area contributed by atoms with Crippen molar-refractivity contribution in [2.24, 2.45) is 11.8 Å². The van der Waals surface area contributed by atoms with Crippen molar-refractivity contribution in [1.29, 1.82) is 0 Å². The maximum atomic E-state index is 12.1. The summed E-state index contributed by atoms with van der Waals surface area (Å²) >= 11 is 0. The number of carbonyl (C=O) groups is 2. The first-order chi connectivity index (χ1) is 9.49. The van der Waals surface area contributed by atoms with Gasteiger partial charge in [-0.05, 0) is 31.1 Å². The number of hydrogen-bond acceptors (Lipinski definition) is 3. The van der Waals surface area contributed by atoms with Crippen LogP contribution in [-0.2, 0) is 14.3 Å². The fraction of sp³-hybridized carbons (Fsp3) is 0.750. The van der Waals surface area contributed by atoms with Crippen molar-refractivity contribution in [1.82, 2.24) is 4.90 Å². The molecule has 1 aliphatic heterocycles. The summed E-state index contributed by atoms with van der Waals surface area (Å²) < 4.78 is 4.73. The molecule has 1 saturated heterocycles. The van der Waals surface area contributed by atoms with Crippen molar-refractivity contribution >= 4 is 11.9 Å². The molecular weight excluding hydrogens is 254 g/mol. The summed E-state index contributed by atoms with van der Waals surface area (Å²) in [7, 11) is 1.39. The lowest BCUT2D eigenvalue weighted by Crippen LogP contribution is -2.31. The van der Waals surface area contributed by atoms with Crippen molar-refractivity contribution in [2.75, 3.05) is 20.2 Å². The van der Waals surface area contributed by atoms with Gasteiger partial charge in [-0.25, -0.2) is 4.79 Å². The zero-order valence-corrected chi connectivity index (χ0v) is 13.1. The van der Waals surface area contributed by atoms with Crippen molar-refractivity contribution in [3.63, 3.8) is 0 Å². The van der Waals surface area contributed by atoms with Gasteiger partial charge in [-0.1, -0.05) is 26.8 Å². The van der Waals surface area contributed by atoms with E-state index in [4.69, 9.17) is 4.74 Å². The second-order valence-corrected chi connectivity index (χ2v) is 5.75. The SMILES string of the molecule is CCC(=CCN1CCC(C(C)C)CCC1=O)C(=O)OC. The highest BCUT2D eigenvalue weighted by Crippen LogP contribution is 2.25. The lowest BCUT2D eigenvalue weighted by molar-refractivity contribution is -0.136. The van der Waals surface area contributed by atoms with E-state index in [9.17, 15) is 9.59 Å². The zero-order chi connectivity index (χ0) is 15.1. The van der Waals surface area contributed by atoms with Crippen LogP contribution < -0.4 is 0 Å². The average molecular weight is 281 g/mol. The molecule has 4 nitrogen and oxygen atoms in total. The summed E-state index contributed by atoms with van der Waals surface area (Å²) in [5.41, 5.74) is 0.643. The Kier molecular flexibility index (Phi) is 6.76. The minimum atomic E-state index is -0.296. The summed E-state index contributed by atoms with van der Waals surface area (Å²) in [5.74, 6) is 1.15. The first-order valence-electron chi connectivity index (χ1n) is 7.54. The molecule has 0 bridgehead atoms. The largest absolute Gasteiger partial charge is 0.466 e. The number of likely N-dealkylation sites (tertiary alicyclic amines) is 1. The second kappa shape index (κ2) is 8.08. The summed E-state index contributed by atoms with van der Waals surface area (Å²) in [4.78, 5) is 25.5. The Bertz CT molecular complexity index is 374. The number of methoxy groups -OCH3 is 1. The van der Waals surface area contributed by atoms with Gasteiger partial charge < -0.3 is 9.64 Å². The van der Waals surface area contributed by atoms with Crippen LogP contribution in [0.5, 0.6) is 0 Å². The predicted molar refractivity (Wildman–Crippen MR) is 79.1 cm³/mol. The number of amides is 1. The van der Waals surface area contributed by atoms with E-state index in [0.717, 1.165) is 19.4 Å². The number of rotatable bonds is 5. The van der Waals surface area contributed by atoms with Crippen LogP contribution in [-0.4, -0.2) is 37.0 Å². The van der Waals surface area contributed by atoms with Gasteiger partial charge in [0, 0.05) is 25.1 Å². The zero-order valence-electron chi connectivity index (χ0n) is 13.1. The van der Waals surface area contributed by atoms with Gasteiger partial charge in [0.15, 0.2) is 0 Å². The first kappa shape index (κ1) is 16.7. The van der Waals surface area contributed by atoms with Gasteiger partial charge in [0.25, 0.3) is 0 Å². The molecule has 114 valence electrons. The average Bonchev–Trinajstić information content (AvgIpc) is 2.61. The molecule has 1 heterocycles. The highest BCUT2D eigenvalue weighted by Gasteiger charge is 2.23. The van der Waals surface area contributed by atoms with Crippen LogP contribution in [0.3, 0.4) is 0 Å². The van der Waals surface area contributed by atoms with E-state index in [-0.39, 0.29) is 11.9 Å². The van der Waals surface area contributed by atoms with E-state index in [2.05, 4.69) is 13.8 Å².